The Kier molecular flexibility index (Phi) is 3.51. The minimum absolute atomic E-state index is 0.682. The quantitative estimate of drug-likeness (QED) is 0.884. The molecule has 0 aliphatic heterocycles. The summed E-state index contributed by atoms with van der Waals surface area (Å²) in [6.45, 7) is 1.95. The van der Waals surface area contributed by atoms with Crippen LogP contribution >= 0.6 is 0 Å². The zero-order valence-corrected chi connectivity index (χ0v) is 11.2. The van der Waals surface area contributed by atoms with Crippen molar-refractivity contribution in [2.75, 3.05) is 13.7 Å². The minimum Gasteiger partial charge on any atom is -0.497 e. The largest absolute Gasteiger partial charge is 0.497 e. The lowest BCUT2D eigenvalue weighted by Gasteiger charge is -2.30. The third kappa shape index (κ3) is 2.64. The van der Waals surface area contributed by atoms with E-state index in [4.69, 9.17) is 4.74 Å². The summed E-state index contributed by atoms with van der Waals surface area (Å²) >= 11 is 0. The van der Waals surface area contributed by atoms with Crippen LogP contribution < -0.4 is 10.1 Å². The molecule has 0 saturated heterocycles. The van der Waals surface area contributed by atoms with Crippen molar-refractivity contribution in [3.05, 3.63) is 65.2 Å². The van der Waals surface area contributed by atoms with E-state index in [2.05, 4.69) is 41.7 Å². The van der Waals surface area contributed by atoms with Gasteiger partial charge in [-0.05, 0) is 35.2 Å². The molecule has 2 nitrogen and oxygen atoms in total. The Hall–Kier alpha value is -1.80. The van der Waals surface area contributed by atoms with E-state index >= 15 is 0 Å². The molecule has 98 valence electrons. The molecule has 2 heteroatoms. The highest BCUT2D eigenvalue weighted by Gasteiger charge is 2.24. The summed E-state index contributed by atoms with van der Waals surface area (Å²) in [6.07, 6.45) is 1.21. The van der Waals surface area contributed by atoms with E-state index in [1.807, 2.05) is 12.1 Å². The Morgan fingerprint density at radius 3 is 2.89 bits per heavy atom. The lowest BCUT2D eigenvalue weighted by atomic mass is 9.77. The molecule has 1 atom stereocenters. The normalized spacial score (nSPS) is 16.6. The van der Waals surface area contributed by atoms with Gasteiger partial charge in [0.25, 0.3) is 0 Å². The smallest absolute Gasteiger partial charge is 0.119 e. The molecule has 0 amide bonds. The van der Waals surface area contributed by atoms with E-state index in [0.717, 1.165) is 18.8 Å². The molecule has 0 bridgehead atoms. The Morgan fingerprint density at radius 1 is 1.16 bits per heavy atom. The highest BCUT2D eigenvalue weighted by atomic mass is 16.5. The number of methoxy groups -OCH3 is 1. The summed E-state index contributed by atoms with van der Waals surface area (Å²) in [7, 11) is 1.71. The number of hydrogen-bond acceptors (Lipinski definition) is 2. The number of ether oxygens (including phenoxy) is 1. The standard InChI is InChI=1S/C17H19NO/c1-19-16-7-4-5-13(9-16)11-18-12-15-10-14-6-2-3-8-17(14)15/h2-9,15,18H,10-12H2,1H3. The van der Waals surface area contributed by atoms with E-state index in [9.17, 15) is 0 Å². The molecule has 1 aliphatic carbocycles. The van der Waals surface area contributed by atoms with E-state index in [0.29, 0.717) is 5.92 Å². The average Bonchev–Trinajstić information content (AvgIpc) is 2.44. The summed E-state index contributed by atoms with van der Waals surface area (Å²) in [6, 6.07) is 17.0. The van der Waals surface area contributed by atoms with Gasteiger partial charge >= 0.3 is 0 Å². The Labute approximate surface area is 114 Å². The predicted molar refractivity (Wildman–Crippen MR) is 77.6 cm³/mol. The van der Waals surface area contributed by atoms with Gasteiger partial charge in [0.15, 0.2) is 0 Å². The molecule has 2 aromatic rings. The van der Waals surface area contributed by atoms with Crippen LogP contribution in [0.4, 0.5) is 0 Å². The first kappa shape index (κ1) is 12.2. The first-order valence-corrected chi connectivity index (χ1v) is 6.78. The zero-order valence-electron chi connectivity index (χ0n) is 11.2. The fourth-order valence-corrected chi connectivity index (χ4v) is 2.72. The lowest BCUT2D eigenvalue weighted by Crippen LogP contribution is -2.28. The summed E-state index contributed by atoms with van der Waals surface area (Å²) in [5, 5.41) is 3.54. The SMILES string of the molecule is COc1cccc(CNCC2Cc3ccccc32)c1. The van der Waals surface area contributed by atoms with Gasteiger partial charge in [0.1, 0.15) is 5.75 Å². The maximum atomic E-state index is 5.23. The Bertz CT molecular complexity index is 565. The summed E-state index contributed by atoms with van der Waals surface area (Å²) in [4.78, 5) is 0. The number of fused-ring (bicyclic) bond motifs is 1. The Morgan fingerprint density at radius 2 is 2.05 bits per heavy atom. The van der Waals surface area contributed by atoms with Gasteiger partial charge in [-0.3, -0.25) is 0 Å². The summed E-state index contributed by atoms with van der Waals surface area (Å²) < 4.78 is 5.23. The van der Waals surface area contributed by atoms with Crippen LogP contribution in [0.2, 0.25) is 0 Å². The molecule has 1 N–H and O–H groups in total. The van der Waals surface area contributed by atoms with Crippen LogP contribution in [0.1, 0.15) is 22.6 Å². The van der Waals surface area contributed by atoms with E-state index in [1.54, 1.807) is 7.11 Å². The number of benzene rings is 2. The molecule has 0 saturated carbocycles. The van der Waals surface area contributed by atoms with Gasteiger partial charge in [-0.15, -0.1) is 0 Å². The van der Waals surface area contributed by atoms with Crippen molar-refractivity contribution in [2.24, 2.45) is 0 Å². The van der Waals surface area contributed by atoms with Crippen LogP contribution in [0.5, 0.6) is 5.75 Å². The summed E-state index contributed by atoms with van der Waals surface area (Å²) in [5.74, 6) is 1.61. The second-order valence-corrected chi connectivity index (χ2v) is 5.08. The van der Waals surface area contributed by atoms with Crippen molar-refractivity contribution in [1.29, 1.82) is 0 Å². The van der Waals surface area contributed by atoms with Gasteiger partial charge in [0.05, 0.1) is 7.11 Å². The monoisotopic (exact) mass is 253 g/mol. The van der Waals surface area contributed by atoms with Gasteiger partial charge in [0.2, 0.25) is 0 Å². The first-order valence-electron chi connectivity index (χ1n) is 6.78. The minimum atomic E-state index is 0.682. The van der Waals surface area contributed by atoms with Crippen molar-refractivity contribution in [3.8, 4) is 5.75 Å². The summed E-state index contributed by atoms with van der Waals surface area (Å²) in [5.41, 5.74) is 4.29. The fraction of sp³-hybridized carbons (Fsp3) is 0.294. The third-order valence-electron chi connectivity index (χ3n) is 3.82. The maximum Gasteiger partial charge on any atom is 0.119 e. The molecular formula is C17H19NO. The molecule has 2 aromatic carbocycles. The number of hydrogen-bond donors (Lipinski definition) is 1. The van der Waals surface area contributed by atoms with Gasteiger partial charge in [-0.1, -0.05) is 36.4 Å². The molecule has 0 radical (unpaired) electrons. The van der Waals surface area contributed by atoms with Crippen molar-refractivity contribution in [1.82, 2.24) is 5.32 Å². The van der Waals surface area contributed by atoms with Gasteiger partial charge in [0, 0.05) is 19.0 Å². The highest BCUT2D eigenvalue weighted by Crippen LogP contribution is 2.34. The van der Waals surface area contributed by atoms with Crippen LogP contribution in [0.15, 0.2) is 48.5 Å². The van der Waals surface area contributed by atoms with Crippen molar-refractivity contribution in [2.45, 2.75) is 18.9 Å². The van der Waals surface area contributed by atoms with E-state index < -0.39 is 0 Å². The molecule has 0 fully saturated rings. The zero-order chi connectivity index (χ0) is 13.1. The van der Waals surface area contributed by atoms with Crippen molar-refractivity contribution < 1.29 is 4.74 Å². The fourth-order valence-electron chi connectivity index (χ4n) is 2.72. The molecule has 19 heavy (non-hydrogen) atoms. The van der Waals surface area contributed by atoms with Crippen molar-refractivity contribution >= 4 is 0 Å². The second-order valence-electron chi connectivity index (χ2n) is 5.08. The number of rotatable bonds is 5. The molecular weight excluding hydrogens is 234 g/mol. The average molecular weight is 253 g/mol. The predicted octanol–water partition coefficient (Wildman–Crippen LogP) is 3.12. The van der Waals surface area contributed by atoms with E-state index in [-0.39, 0.29) is 0 Å². The van der Waals surface area contributed by atoms with Gasteiger partial charge < -0.3 is 10.1 Å². The van der Waals surface area contributed by atoms with Crippen LogP contribution in [0, 0.1) is 0 Å². The van der Waals surface area contributed by atoms with E-state index in [1.165, 1.54) is 23.1 Å². The van der Waals surface area contributed by atoms with Crippen LogP contribution in [0.3, 0.4) is 0 Å². The van der Waals surface area contributed by atoms with Crippen LogP contribution in [-0.4, -0.2) is 13.7 Å². The maximum absolute atomic E-state index is 5.23. The lowest BCUT2D eigenvalue weighted by molar-refractivity contribution is 0.414. The highest BCUT2D eigenvalue weighted by molar-refractivity contribution is 5.40. The molecule has 1 unspecified atom stereocenters. The number of nitrogens with one attached hydrogen (secondary N) is 1. The molecule has 0 aromatic heterocycles. The molecule has 0 spiro atoms. The van der Waals surface area contributed by atoms with Gasteiger partial charge in [-0.2, -0.15) is 0 Å². The Balaban J connectivity index is 1.52. The third-order valence-corrected chi connectivity index (χ3v) is 3.82. The second kappa shape index (κ2) is 5.45. The molecule has 0 heterocycles. The van der Waals surface area contributed by atoms with Crippen molar-refractivity contribution in [3.63, 3.8) is 0 Å². The molecule has 1 aliphatic rings. The van der Waals surface area contributed by atoms with Crippen LogP contribution in [0.25, 0.3) is 0 Å². The molecule has 3 rings (SSSR count). The first-order chi connectivity index (χ1) is 9.36. The topological polar surface area (TPSA) is 21.3 Å². The van der Waals surface area contributed by atoms with Gasteiger partial charge in [-0.25, -0.2) is 0 Å². The van der Waals surface area contributed by atoms with Crippen LogP contribution in [-0.2, 0) is 13.0 Å².